The van der Waals surface area contributed by atoms with E-state index < -0.39 is 0 Å². The number of nitrogens with two attached hydrogens (primary N) is 1. The van der Waals surface area contributed by atoms with Crippen molar-refractivity contribution in [2.75, 3.05) is 24.5 Å². The van der Waals surface area contributed by atoms with Crippen molar-refractivity contribution in [3.8, 4) is 0 Å². The van der Waals surface area contributed by atoms with Gasteiger partial charge in [0.15, 0.2) is 5.65 Å². The van der Waals surface area contributed by atoms with Gasteiger partial charge in [-0.25, -0.2) is 4.98 Å². The lowest BCUT2D eigenvalue weighted by Gasteiger charge is -2.32. The first-order valence-electron chi connectivity index (χ1n) is 6.72. The van der Waals surface area contributed by atoms with E-state index in [2.05, 4.69) is 48.7 Å². The summed E-state index contributed by atoms with van der Waals surface area (Å²) in [4.78, 5) is 6.58. The van der Waals surface area contributed by atoms with Gasteiger partial charge < -0.3 is 10.6 Å². The zero-order valence-corrected chi connectivity index (χ0v) is 12.2. The molecule has 19 heavy (non-hydrogen) atoms. The summed E-state index contributed by atoms with van der Waals surface area (Å²) in [5.74, 6) is 1.08. The topological polar surface area (TPSA) is 59.5 Å². The molecule has 2 rings (SSSR count). The van der Waals surface area contributed by atoms with Gasteiger partial charge in [-0.3, -0.25) is 0 Å². The minimum Gasteiger partial charge on any atom is -0.356 e. The Morgan fingerprint density at radius 2 is 2.11 bits per heavy atom. The summed E-state index contributed by atoms with van der Waals surface area (Å²) >= 11 is 0. The smallest absolute Gasteiger partial charge is 0.157 e. The lowest BCUT2D eigenvalue weighted by Crippen LogP contribution is -2.39. The largest absolute Gasteiger partial charge is 0.356 e. The second-order valence-electron chi connectivity index (χ2n) is 5.80. The maximum Gasteiger partial charge on any atom is 0.157 e. The molecule has 0 fully saturated rings. The van der Waals surface area contributed by atoms with E-state index in [4.69, 9.17) is 5.73 Å². The van der Waals surface area contributed by atoms with Crippen LogP contribution in [0.4, 0.5) is 5.82 Å². The highest BCUT2D eigenvalue weighted by Crippen LogP contribution is 2.22. The van der Waals surface area contributed by atoms with E-state index in [1.54, 1.807) is 6.33 Å². The van der Waals surface area contributed by atoms with Crippen molar-refractivity contribution < 1.29 is 0 Å². The molecule has 0 unspecified atom stereocenters. The molecule has 0 bridgehead atoms. The Labute approximate surface area is 114 Å². The molecule has 104 valence electrons. The Morgan fingerprint density at radius 3 is 2.74 bits per heavy atom. The van der Waals surface area contributed by atoms with E-state index in [9.17, 15) is 0 Å². The average Bonchev–Trinajstić information content (AvgIpc) is 2.83. The van der Waals surface area contributed by atoms with E-state index in [-0.39, 0.29) is 5.41 Å². The predicted molar refractivity (Wildman–Crippen MR) is 78.4 cm³/mol. The van der Waals surface area contributed by atoms with E-state index >= 15 is 0 Å². The Kier molecular flexibility index (Phi) is 3.75. The van der Waals surface area contributed by atoms with E-state index in [1.165, 1.54) is 5.56 Å². The normalized spacial score (nSPS) is 12.1. The third-order valence-corrected chi connectivity index (χ3v) is 3.38. The van der Waals surface area contributed by atoms with Gasteiger partial charge in [0, 0.05) is 13.1 Å². The van der Waals surface area contributed by atoms with Crippen molar-refractivity contribution in [3.05, 3.63) is 24.0 Å². The molecule has 2 aromatic heterocycles. The Hall–Kier alpha value is -1.62. The quantitative estimate of drug-likeness (QED) is 0.892. The predicted octanol–water partition coefficient (Wildman–Crippen LogP) is 1.85. The number of hydrogen-bond donors (Lipinski definition) is 1. The van der Waals surface area contributed by atoms with Crippen LogP contribution in [0.3, 0.4) is 0 Å². The standard InChI is InChI=1S/C14H23N5/c1-5-18(9-14(3,4)8-15)13-7-11(2)6-12-16-10-17-19(12)13/h6-7,10H,5,8-9,15H2,1-4H3. The molecule has 2 heterocycles. The van der Waals surface area contributed by atoms with Gasteiger partial charge >= 0.3 is 0 Å². The van der Waals surface area contributed by atoms with Crippen molar-refractivity contribution >= 4 is 11.5 Å². The number of anilines is 1. The number of hydrogen-bond acceptors (Lipinski definition) is 4. The molecule has 2 N–H and O–H groups in total. The van der Waals surface area contributed by atoms with Gasteiger partial charge in [-0.2, -0.15) is 9.61 Å². The Balaban J connectivity index is 2.43. The highest BCUT2D eigenvalue weighted by molar-refractivity contribution is 5.53. The summed E-state index contributed by atoms with van der Waals surface area (Å²) in [6, 6.07) is 4.19. The monoisotopic (exact) mass is 261 g/mol. The molecule has 0 aliphatic heterocycles. The first-order valence-corrected chi connectivity index (χ1v) is 6.72. The van der Waals surface area contributed by atoms with Crippen LogP contribution < -0.4 is 10.6 Å². The van der Waals surface area contributed by atoms with Gasteiger partial charge in [-0.1, -0.05) is 13.8 Å². The maximum atomic E-state index is 5.85. The molecule has 0 spiro atoms. The van der Waals surface area contributed by atoms with Gasteiger partial charge in [0.1, 0.15) is 12.1 Å². The van der Waals surface area contributed by atoms with E-state index in [0.717, 1.165) is 24.6 Å². The number of rotatable bonds is 5. The Morgan fingerprint density at radius 1 is 1.37 bits per heavy atom. The molecular weight excluding hydrogens is 238 g/mol. The van der Waals surface area contributed by atoms with E-state index in [1.807, 2.05) is 10.6 Å². The van der Waals surface area contributed by atoms with Crippen molar-refractivity contribution in [2.45, 2.75) is 27.7 Å². The highest BCUT2D eigenvalue weighted by atomic mass is 15.4. The maximum absolute atomic E-state index is 5.85. The molecule has 0 saturated carbocycles. The molecule has 2 aromatic rings. The lowest BCUT2D eigenvalue weighted by molar-refractivity contribution is 0.378. The van der Waals surface area contributed by atoms with Crippen LogP contribution in [0, 0.1) is 12.3 Å². The van der Waals surface area contributed by atoms with Crippen LogP contribution in [0.1, 0.15) is 26.3 Å². The van der Waals surface area contributed by atoms with Crippen LogP contribution in [0.5, 0.6) is 0 Å². The van der Waals surface area contributed by atoms with Crippen molar-refractivity contribution in [1.29, 1.82) is 0 Å². The van der Waals surface area contributed by atoms with Crippen LogP contribution in [-0.2, 0) is 0 Å². The number of aromatic nitrogens is 3. The molecule has 0 saturated heterocycles. The second-order valence-corrected chi connectivity index (χ2v) is 5.80. The van der Waals surface area contributed by atoms with Gasteiger partial charge in [0.2, 0.25) is 0 Å². The van der Waals surface area contributed by atoms with Crippen LogP contribution >= 0.6 is 0 Å². The zero-order chi connectivity index (χ0) is 14.0. The molecule has 0 aliphatic rings. The molecule has 0 aliphatic carbocycles. The fraction of sp³-hybridized carbons (Fsp3) is 0.571. The van der Waals surface area contributed by atoms with Crippen LogP contribution in [0.25, 0.3) is 5.65 Å². The van der Waals surface area contributed by atoms with Gasteiger partial charge in [-0.15, -0.1) is 0 Å². The average molecular weight is 261 g/mol. The summed E-state index contributed by atoms with van der Waals surface area (Å²) in [6.45, 7) is 11.1. The third-order valence-electron chi connectivity index (χ3n) is 3.38. The number of pyridine rings is 1. The molecule has 0 radical (unpaired) electrons. The van der Waals surface area contributed by atoms with Gasteiger partial charge in [0.05, 0.1) is 0 Å². The molecule has 5 nitrogen and oxygen atoms in total. The summed E-state index contributed by atoms with van der Waals surface area (Å²) in [6.07, 6.45) is 1.60. The molecule has 5 heteroatoms. The minimum absolute atomic E-state index is 0.0761. The first kappa shape index (κ1) is 13.8. The number of aryl methyl sites for hydroxylation is 1. The fourth-order valence-corrected chi connectivity index (χ4v) is 2.20. The molecule has 0 aromatic carbocycles. The highest BCUT2D eigenvalue weighted by Gasteiger charge is 2.21. The zero-order valence-electron chi connectivity index (χ0n) is 12.2. The summed E-state index contributed by atoms with van der Waals surface area (Å²) in [5.41, 5.74) is 8.01. The van der Waals surface area contributed by atoms with Crippen LogP contribution in [0.15, 0.2) is 18.5 Å². The molecule has 0 atom stereocenters. The summed E-state index contributed by atoms with van der Waals surface area (Å²) in [5, 5.41) is 4.32. The summed E-state index contributed by atoms with van der Waals surface area (Å²) in [7, 11) is 0. The van der Waals surface area contributed by atoms with Crippen molar-refractivity contribution in [2.24, 2.45) is 11.1 Å². The fourth-order valence-electron chi connectivity index (χ4n) is 2.20. The summed E-state index contributed by atoms with van der Waals surface area (Å²) < 4.78 is 1.89. The molecule has 0 amide bonds. The molecular formula is C14H23N5. The number of nitrogens with zero attached hydrogens (tertiary/aromatic N) is 4. The van der Waals surface area contributed by atoms with Crippen molar-refractivity contribution in [3.63, 3.8) is 0 Å². The van der Waals surface area contributed by atoms with Crippen LogP contribution in [-0.4, -0.2) is 34.2 Å². The third kappa shape index (κ3) is 2.87. The first-order chi connectivity index (χ1) is 8.96. The number of fused-ring (bicyclic) bond motifs is 1. The van der Waals surface area contributed by atoms with Crippen molar-refractivity contribution in [1.82, 2.24) is 14.6 Å². The lowest BCUT2D eigenvalue weighted by atomic mass is 9.93. The second kappa shape index (κ2) is 5.17. The minimum atomic E-state index is 0.0761. The Bertz CT molecular complexity index is 558. The van der Waals surface area contributed by atoms with Crippen LogP contribution in [0.2, 0.25) is 0 Å². The van der Waals surface area contributed by atoms with Gasteiger partial charge in [0.25, 0.3) is 0 Å². The SMILES string of the molecule is CCN(CC(C)(C)CN)c1cc(C)cc2ncnn12. The van der Waals surface area contributed by atoms with Gasteiger partial charge in [-0.05, 0) is 43.5 Å². The van der Waals surface area contributed by atoms with E-state index in [0.29, 0.717) is 6.54 Å².